The van der Waals surface area contributed by atoms with Crippen LogP contribution in [-0.4, -0.2) is 29.2 Å². The Hall–Kier alpha value is -3.79. The zero-order valence-electron chi connectivity index (χ0n) is 15.6. The van der Waals surface area contributed by atoms with Crippen molar-refractivity contribution in [2.75, 3.05) is 13.7 Å². The van der Waals surface area contributed by atoms with Crippen LogP contribution in [0.2, 0.25) is 0 Å². The van der Waals surface area contributed by atoms with Gasteiger partial charge < -0.3 is 19.4 Å². The van der Waals surface area contributed by atoms with Crippen molar-refractivity contribution in [1.29, 1.82) is 5.26 Å². The fourth-order valence-electron chi connectivity index (χ4n) is 2.87. The van der Waals surface area contributed by atoms with Gasteiger partial charge in [-0.05, 0) is 18.2 Å². The van der Waals surface area contributed by atoms with Crippen LogP contribution in [0.1, 0.15) is 23.0 Å². The number of methoxy groups -OCH3 is 1. The molecule has 28 heavy (non-hydrogen) atoms. The van der Waals surface area contributed by atoms with Gasteiger partial charge in [0.1, 0.15) is 29.4 Å². The van der Waals surface area contributed by atoms with E-state index in [1.807, 2.05) is 48.1 Å². The highest BCUT2D eigenvalue weighted by atomic mass is 16.5. The summed E-state index contributed by atoms with van der Waals surface area (Å²) < 4.78 is 12.8. The number of aromatic nitrogens is 2. The second kappa shape index (κ2) is 8.73. The summed E-state index contributed by atoms with van der Waals surface area (Å²) in [5.41, 5.74) is 1.16. The Morgan fingerprint density at radius 3 is 2.61 bits per heavy atom. The molecule has 0 saturated carbocycles. The molecule has 1 atom stereocenters. The minimum atomic E-state index is -0.515. The molecular formula is C21H20N4O3. The maximum absolute atomic E-state index is 12.6. The maximum atomic E-state index is 12.6. The molecule has 7 nitrogen and oxygen atoms in total. The first kappa shape index (κ1) is 19.0. The van der Waals surface area contributed by atoms with Crippen molar-refractivity contribution in [1.82, 2.24) is 14.9 Å². The normalized spacial score (nSPS) is 11.3. The molecule has 1 N–H and O–H groups in total. The fraction of sp³-hybridized carbons (Fsp3) is 0.190. The first-order chi connectivity index (χ1) is 13.6. The summed E-state index contributed by atoms with van der Waals surface area (Å²) in [6, 6.07) is 15.8. The van der Waals surface area contributed by atoms with Crippen LogP contribution in [-0.2, 0) is 11.8 Å². The Bertz CT molecular complexity index is 1010. The highest BCUT2D eigenvalue weighted by Crippen LogP contribution is 2.29. The second-order valence-corrected chi connectivity index (χ2v) is 6.04. The molecule has 7 heteroatoms. The smallest absolute Gasteiger partial charge is 0.258 e. The quantitative estimate of drug-likeness (QED) is 0.685. The predicted molar refractivity (Wildman–Crippen MR) is 103 cm³/mol. The summed E-state index contributed by atoms with van der Waals surface area (Å²) in [6.45, 7) is -0.227. The molecule has 0 bridgehead atoms. The largest absolute Gasteiger partial charge is 0.496 e. The number of hydrogen-bond donors (Lipinski definition) is 1. The Morgan fingerprint density at radius 1 is 1.21 bits per heavy atom. The molecular weight excluding hydrogens is 356 g/mol. The summed E-state index contributed by atoms with van der Waals surface area (Å²) in [5, 5.41) is 12.1. The van der Waals surface area contributed by atoms with E-state index in [2.05, 4.69) is 10.3 Å². The first-order valence-electron chi connectivity index (χ1n) is 8.65. The number of aryl methyl sites for hydroxylation is 1. The Balaban J connectivity index is 1.81. The van der Waals surface area contributed by atoms with Gasteiger partial charge in [-0.2, -0.15) is 5.26 Å². The molecule has 142 valence electrons. The van der Waals surface area contributed by atoms with E-state index in [-0.39, 0.29) is 12.5 Å². The second-order valence-electron chi connectivity index (χ2n) is 6.04. The highest BCUT2D eigenvalue weighted by molar-refractivity contribution is 5.78. The number of imidazole rings is 1. The number of ether oxygens (including phenoxy) is 2. The lowest BCUT2D eigenvalue weighted by Crippen LogP contribution is -2.34. The fourth-order valence-corrected chi connectivity index (χ4v) is 2.87. The Morgan fingerprint density at radius 2 is 1.93 bits per heavy atom. The number of nitrogens with one attached hydrogen (secondary N) is 1. The van der Waals surface area contributed by atoms with E-state index in [0.29, 0.717) is 22.9 Å². The van der Waals surface area contributed by atoms with Crippen molar-refractivity contribution in [3.63, 3.8) is 0 Å². The average molecular weight is 376 g/mol. The third kappa shape index (κ3) is 4.13. The third-order valence-corrected chi connectivity index (χ3v) is 4.24. The minimum Gasteiger partial charge on any atom is -0.496 e. The van der Waals surface area contributed by atoms with Gasteiger partial charge in [0.05, 0.1) is 12.7 Å². The van der Waals surface area contributed by atoms with E-state index in [1.54, 1.807) is 37.6 Å². The van der Waals surface area contributed by atoms with Crippen LogP contribution in [0.25, 0.3) is 0 Å². The van der Waals surface area contributed by atoms with Crippen molar-refractivity contribution >= 4 is 5.91 Å². The lowest BCUT2D eigenvalue weighted by molar-refractivity contribution is -0.123. The summed E-state index contributed by atoms with van der Waals surface area (Å²) in [6.07, 6.45) is 3.48. The molecule has 3 rings (SSSR count). The van der Waals surface area contributed by atoms with E-state index in [0.717, 1.165) is 5.56 Å². The van der Waals surface area contributed by atoms with Gasteiger partial charge >= 0.3 is 0 Å². The summed E-state index contributed by atoms with van der Waals surface area (Å²) >= 11 is 0. The van der Waals surface area contributed by atoms with Gasteiger partial charge in [-0.25, -0.2) is 4.98 Å². The van der Waals surface area contributed by atoms with Crippen LogP contribution in [0, 0.1) is 11.3 Å². The molecule has 1 unspecified atom stereocenters. The van der Waals surface area contributed by atoms with Crippen molar-refractivity contribution in [3.05, 3.63) is 77.9 Å². The standard InChI is InChI=1S/C21H20N4O3/c1-25-12-11-23-21(25)20(16-8-4-6-10-18(16)27-2)24-19(26)14-28-17-9-5-3-7-15(17)13-22/h3-12,20H,14H2,1-2H3,(H,24,26). The van der Waals surface area contributed by atoms with Crippen molar-refractivity contribution in [2.45, 2.75) is 6.04 Å². The third-order valence-electron chi connectivity index (χ3n) is 4.24. The molecule has 3 aromatic rings. The number of rotatable bonds is 7. The number of carbonyl (C=O) groups excluding carboxylic acids is 1. The van der Waals surface area contributed by atoms with Gasteiger partial charge in [0.25, 0.3) is 5.91 Å². The number of nitriles is 1. The number of carbonyl (C=O) groups is 1. The summed E-state index contributed by atoms with van der Waals surface area (Å²) in [7, 11) is 3.44. The van der Waals surface area contributed by atoms with Crippen molar-refractivity contribution < 1.29 is 14.3 Å². The summed E-state index contributed by atoms with van der Waals surface area (Å²) in [5.74, 6) is 1.33. The van der Waals surface area contributed by atoms with Crippen LogP contribution >= 0.6 is 0 Å². The molecule has 1 amide bonds. The molecule has 0 aliphatic carbocycles. The molecule has 0 saturated heterocycles. The average Bonchev–Trinajstić information content (AvgIpc) is 3.16. The van der Waals surface area contributed by atoms with E-state index in [1.165, 1.54) is 0 Å². The zero-order valence-corrected chi connectivity index (χ0v) is 15.6. The van der Waals surface area contributed by atoms with Crippen LogP contribution in [0.5, 0.6) is 11.5 Å². The van der Waals surface area contributed by atoms with Gasteiger partial charge in [0.2, 0.25) is 0 Å². The SMILES string of the molecule is COc1ccccc1C(NC(=O)COc1ccccc1C#N)c1nccn1C. The van der Waals surface area contributed by atoms with E-state index in [9.17, 15) is 4.79 Å². The van der Waals surface area contributed by atoms with Gasteiger partial charge in [0.15, 0.2) is 6.61 Å². The molecule has 0 aliphatic rings. The van der Waals surface area contributed by atoms with Gasteiger partial charge in [-0.3, -0.25) is 4.79 Å². The lowest BCUT2D eigenvalue weighted by Gasteiger charge is -2.21. The number of nitrogens with zero attached hydrogens (tertiary/aromatic N) is 3. The highest BCUT2D eigenvalue weighted by Gasteiger charge is 2.24. The monoisotopic (exact) mass is 376 g/mol. The number of para-hydroxylation sites is 2. The van der Waals surface area contributed by atoms with Crippen LogP contribution in [0.15, 0.2) is 60.9 Å². The molecule has 0 spiro atoms. The lowest BCUT2D eigenvalue weighted by atomic mass is 10.0. The topological polar surface area (TPSA) is 89.2 Å². The zero-order chi connectivity index (χ0) is 19.9. The van der Waals surface area contributed by atoms with E-state index < -0.39 is 6.04 Å². The Labute approximate surface area is 163 Å². The van der Waals surface area contributed by atoms with E-state index >= 15 is 0 Å². The molecule has 0 aliphatic heterocycles. The summed E-state index contributed by atoms with van der Waals surface area (Å²) in [4.78, 5) is 17.0. The first-order valence-corrected chi connectivity index (χ1v) is 8.65. The van der Waals surface area contributed by atoms with Gasteiger partial charge in [0, 0.05) is 25.0 Å². The number of amides is 1. The maximum Gasteiger partial charge on any atom is 0.258 e. The minimum absolute atomic E-state index is 0.227. The molecule has 1 heterocycles. The molecule has 2 aromatic carbocycles. The molecule has 1 aromatic heterocycles. The molecule has 0 fully saturated rings. The van der Waals surface area contributed by atoms with Crippen LogP contribution in [0.4, 0.5) is 0 Å². The molecule has 0 radical (unpaired) electrons. The number of hydrogen-bond acceptors (Lipinski definition) is 5. The van der Waals surface area contributed by atoms with Gasteiger partial charge in [-0.1, -0.05) is 30.3 Å². The Kier molecular flexibility index (Phi) is 5.92. The van der Waals surface area contributed by atoms with Crippen LogP contribution in [0.3, 0.4) is 0 Å². The van der Waals surface area contributed by atoms with Crippen molar-refractivity contribution in [2.24, 2.45) is 7.05 Å². The predicted octanol–water partition coefficient (Wildman–Crippen LogP) is 2.58. The number of benzene rings is 2. The van der Waals surface area contributed by atoms with E-state index in [4.69, 9.17) is 14.7 Å². The van der Waals surface area contributed by atoms with Gasteiger partial charge in [-0.15, -0.1) is 0 Å². The van der Waals surface area contributed by atoms with Crippen LogP contribution < -0.4 is 14.8 Å². The van der Waals surface area contributed by atoms with Crippen molar-refractivity contribution in [3.8, 4) is 17.6 Å².